The number of pyridine rings is 1. The number of halogens is 2. The van der Waals surface area contributed by atoms with Gasteiger partial charge in [0, 0.05) is 11.8 Å². The Kier molecular flexibility index (Phi) is 3.52. The molecule has 1 aromatic carbocycles. The summed E-state index contributed by atoms with van der Waals surface area (Å²) in [6, 6.07) is 7.05. The summed E-state index contributed by atoms with van der Waals surface area (Å²) in [5.74, 6) is 0.0866. The Hall–Kier alpha value is -2.02. The fourth-order valence-electron chi connectivity index (χ4n) is 1.29. The molecular weight excluding hydrogens is 305 g/mol. The van der Waals surface area contributed by atoms with Crippen LogP contribution in [0.5, 0.6) is 0 Å². The van der Waals surface area contributed by atoms with Crippen molar-refractivity contribution in [3.05, 3.63) is 56.9 Å². The summed E-state index contributed by atoms with van der Waals surface area (Å²) in [5, 5.41) is 13.5. The normalized spacial score (nSPS) is 10.1. The number of hydrogen-bond donors (Lipinski definition) is 1. The molecule has 2 rings (SSSR count). The highest BCUT2D eigenvalue weighted by Gasteiger charge is 2.10. The van der Waals surface area contributed by atoms with Gasteiger partial charge in [0.05, 0.1) is 9.40 Å². The lowest BCUT2D eigenvalue weighted by Gasteiger charge is -2.06. The fourth-order valence-corrected chi connectivity index (χ4v) is 1.73. The Morgan fingerprint density at radius 3 is 2.56 bits per heavy atom. The predicted octanol–water partition coefficient (Wildman–Crippen LogP) is 3.64. The van der Waals surface area contributed by atoms with Crippen LogP contribution in [0.2, 0.25) is 0 Å². The van der Waals surface area contributed by atoms with Gasteiger partial charge in [0.15, 0.2) is 0 Å². The Labute approximate surface area is 110 Å². The summed E-state index contributed by atoms with van der Waals surface area (Å²) in [6.45, 7) is 0. The van der Waals surface area contributed by atoms with Gasteiger partial charge in [-0.2, -0.15) is 0 Å². The minimum absolute atomic E-state index is 0.105. The topological polar surface area (TPSA) is 68.1 Å². The van der Waals surface area contributed by atoms with Crippen molar-refractivity contribution in [1.82, 2.24) is 4.98 Å². The standard InChI is InChI=1S/C11H7BrFN3O2/c12-10-5-9(16(17)18)6-14-11(10)15-8-3-1-7(13)2-4-8/h1-6H,(H,14,15). The maximum atomic E-state index is 12.7. The van der Waals surface area contributed by atoms with Crippen LogP contribution in [-0.2, 0) is 0 Å². The summed E-state index contributed by atoms with van der Waals surface area (Å²) in [4.78, 5) is 13.9. The number of anilines is 2. The van der Waals surface area contributed by atoms with Gasteiger partial charge in [-0.05, 0) is 40.2 Å². The van der Waals surface area contributed by atoms with E-state index < -0.39 is 4.92 Å². The SMILES string of the molecule is O=[N+]([O-])c1cnc(Nc2ccc(F)cc2)c(Br)c1. The highest BCUT2D eigenvalue weighted by Crippen LogP contribution is 2.27. The first-order valence-corrected chi connectivity index (χ1v) is 5.68. The van der Waals surface area contributed by atoms with Crippen LogP contribution < -0.4 is 5.32 Å². The molecule has 1 aromatic heterocycles. The molecule has 0 unspecified atom stereocenters. The highest BCUT2D eigenvalue weighted by molar-refractivity contribution is 9.10. The number of aromatic nitrogens is 1. The van der Waals surface area contributed by atoms with Gasteiger partial charge < -0.3 is 5.32 Å². The van der Waals surface area contributed by atoms with Crippen LogP contribution in [0.25, 0.3) is 0 Å². The van der Waals surface area contributed by atoms with Gasteiger partial charge >= 0.3 is 0 Å². The van der Waals surface area contributed by atoms with E-state index in [4.69, 9.17) is 0 Å². The molecule has 0 fully saturated rings. The van der Waals surface area contributed by atoms with Crippen molar-refractivity contribution < 1.29 is 9.31 Å². The first kappa shape index (κ1) is 12.4. The van der Waals surface area contributed by atoms with Gasteiger partial charge in [-0.25, -0.2) is 9.37 Å². The second-order valence-electron chi connectivity index (χ2n) is 3.41. The molecule has 5 nitrogen and oxygen atoms in total. The van der Waals surface area contributed by atoms with Gasteiger partial charge in [-0.15, -0.1) is 0 Å². The van der Waals surface area contributed by atoms with Crippen molar-refractivity contribution in [2.24, 2.45) is 0 Å². The molecule has 1 heterocycles. The van der Waals surface area contributed by atoms with Crippen molar-refractivity contribution >= 4 is 33.1 Å². The Bertz CT molecular complexity index is 589. The largest absolute Gasteiger partial charge is 0.339 e. The molecule has 0 aliphatic heterocycles. The molecule has 0 bridgehead atoms. The monoisotopic (exact) mass is 311 g/mol. The van der Waals surface area contributed by atoms with E-state index in [2.05, 4.69) is 26.2 Å². The van der Waals surface area contributed by atoms with Gasteiger partial charge in [0.25, 0.3) is 5.69 Å². The highest BCUT2D eigenvalue weighted by atomic mass is 79.9. The molecule has 0 aliphatic rings. The predicted molar refractivity (Wildman–Crippen MR) is 68.3 cm³/mol. The molecule has 0 spiro atoms. The number of benzene rings is 1. The Morgan fingerprint density at radius 2 is 2.00 bits per heavy atom. The van der Waals surface area contributed by atoms with Crippen molar-refractivity contribution in [2.45, 2.75) is 0 Å². The van der Waals surface area contributed by atoms with Gasteiger partial charge in [-0.3, -0.25) is 10.1 Å². The van der Waals surface area contributed by atoms with Gasteiger partial charge in [0.1, 0.15) is 17.8 Å². The maximum absolute atomic E-state index is 12.7. The van der Waals surface area contributed by atoms with Crippen LogP contribution >= 0.6 is 15.9 Å². The average molecular weight is 312 g/mol. The quantitative estimate of drug-likeness (QED) is 0.694. The minimum Gasteiger partial charge on any atom is -0.339 e. The van der Waals surface area contributed by atoms with E-state index in [1.807, 2.05) is 0 Å². The average Bonchev–Trinajstić information content (AvgIpc) is 2.34. The smallest absolute Gasteiger partial charge is 0.288 e. The van der Waals surface area contributed by atoms with Crippen LogP contribution in [0.3, 0.4) is 0 Å². The van der Waals surface area contributed by atoms with E-state index in [1.54, 1.807) is 12.1 Å². The molecule has 18 heavy (non-hydrogen) atoms. The molecule has 0 atom stereocenters. The third-order valence-corrected chi connectivity index (χ3v) is 2.75. The second kappa shape index (κ2) is 5.09. The third kappa shape index (κ3) is 2.80. The maximum Gasteiger partial charge on any atom is 0.288 e. The lowest BCUT2D eigenvalue weighted by atomic mass is 10.3. The van der Waals surface area contributed by atoms with E-state index in [-0.39, 0.29) is 11.5 Å². The number of rotatable bonds is 3. The second-order valence-corrected chi connectivity index (χ2v) is 4.27. The third-order valence-electron chi connectivity index (χ3n) is 2.14. The van der Waals surface area contributed by atoms with Crippen LogP contribution in [0.1, 0.15) is 0 Å². The van der Waals surface area contributed by atoms with Gasteiger partial charge in [0.2, 0.25) is 0 Å². The summed E-state index contributed by atoms with van der Waals surface area (Å²) in [5.41, 5.74) is 0.532. The molecule has 1 N–H and O–H groups in total. The zero-order chi connectivity index (χ0) is 13.1. The Balaban J connectivity index is 2.24. The van der Waals surface area contributed by atoms with Crippen LogP contribution in [0.15, 0.2) is 41.0 Å². The Morgan fingerprint density at radius 1 is 1.33 bits per heavy atom. The first-order chi connectivity index (χ1) is 8.56. The molecule has 0 saturated carbocycles. The number of nitrogens with one attached hydrogen (secondary N) is 1. The number of nitrogens with zero attached hydrogens (tertiary/aromatic N) is 2. The molecule has 0 radical (unpaired) electrons. The first-order valence-electron chi connectivity index (χ1n) is 4.89. The van der Waals surface area contributed by atoms with E-state index in [9.17, 15) is 14.5 Å². The summed E-state index contributed by atoms with van der Waals surface area (Å²) in [6.07, 6.45) is 1.15. The molecule has 7 heteroatoms. The molecule has 0 aliphatic carbocycles. The van der Waals surface area contributed by atoms with Crippen LogP contribution in [0, 0.1) is 15.9 Å². The number of nitro groups is 1. The molecule has 2 aromatic rings. The molecule has 92 valence electrons. The number of hydrogen-bond acceptors (Lipinski definition) is 4. The van der Waals surface area contributed by atoms with E-state index in [1.165, 1.54) is 18.2 Å². The van der Waals surface area contributed by atoms with E-state index in [0.717, 1.165) is 6.20 Å². The van der Waals surface area contributed by atoms with Crippen molar-refractivity contribution in [3.63, 3.8) is 0 Å². The van der Waals surface area contributed by atoms with Crippen molar-refractivity contribution in [2.75, 3.05) is 5.32 Å². The minimum atomic E-state index is -0.528. The van der Waals surface area contributed by atoms with Crippen molar-refractivity contribution in [3.8, 4) is 0 Å². The summed E-state index contributed by atoms with van der Waals surface area (Å²) < 4.78 is 13.2. The zero-order valence-corrected chi connectivity index (χ0v) is 10.5. The van der Waals surface area contributed by atoms with Crippen molar-refractivity contribution in [1.29, 1.82) is 0 Å². The molecular formula is C11H7BrFN3O2. The van der Waals surface area contributed by atoms with E-state index >= 15 is 0 Å². The van der Waals surface area contributed by atoms with Crippen LogP contribution in [0.4, 0.5) is 21.6 Å². The van der Waals surface area contributed by atoms with Gasteiger partial charge in [-0.1, -0.05) is 0 Å². The van der Waals surface area contributed by atoms with Crippen LogP contribution in [-0.4, -0.2) is 9.91 Å². The lowest BCUT2D eigenvalue weighted by Crippen LogP contribution is -1.96. The van der Waals surface area contributed by atoms with E-state index in [0.29, 0.717) is 16.0 Å². The molecule has 0 saturated heterocycles. The summed E-state index contributed by atoms with van der Waals surface area (Å²) >= 11 is 3.18. The summed E-state index contributed by atoms with van der Waals surface area (Å²) in [7, 11) is 0. The zero-order valence-electron chi connectivity index (χ0n) is 8.93. The fraction of sp³-hybridized carbons (Fsp3) is 0. The molecule has 0 amide bonds. The lowest BCUT2D eigenvalue weighted by molar-refractivity contribution is -0.385.